The molecule has 0 saturated carbocycles. The molecule has 2 fully saturated rings. The smallest absolute Gasteiger partial charge is 0.304 e. The van der Waals surface area contributed by atoms with Gasteiger partial charge in [-0.1, -0.05) is 27.7 Å². The Balaban J connectivity index is 2.22. The molecule has 0 aromatic rings. The van der Waals surface area contributed by atoms with Crippen molar-refractivity contribution < 1.29 is 43.5 Å². The van der Waals surface area contributed by atoms with Crippen LogP contribution in [0.15, 0.2) is 0 Å². The second kappa shape index (κ2) is 10.2. The van der Waals surface area contributed by atoms with Crippen LogP contribution in [0, 0.1) is 17.8 Å². The number of rotatable bonds is 6. The van der Waals surface area contributed by atoms with Crippen LogP contribution in [0.5, 0.6) is 0 Å². The molecular weight excluding hydrogens is 384 g/mol. The predicted octanol–water partition coefficient (Wildman–Crippen LogP) is 0.988. The lowest BCUT2D eigenvalue weighted by atomic mass is 9.84. The maximum absolute atomic E-state index is 11.6. The molecule has 5 unspecified atom stereocenters. The lowest BCUT2D eigenvalue weighted by Crippen LogP contribution is -2.59. The third-order valence-corrected chi connectivity index (χ3v) is 5.92. The van der Waals surface area contributed by atoms with Crippen LogP contribution in [0.3, 0.4) is 0 Å². The zero-order chi connectivity index (χ0) is 21.9. The van der Waals surface area contributed by atoms with E-state index in [-0.39, 0.29) is 18.4 Å². The molecule has 10 atom stereocenters. The van der Waals surface area contributed by atoms with Gasteiger partial charge < -0.3 is 33.9 Å². The molecule has 2 aliphatic heterocycles. The van der Waals surface area contributed by atoms with Gasteiger partial charge in [-0.15, -0.1) is 0 Å². The van der Waals surface area contributed by atoms with Gasteiger partial charge in [0.15, 0.2) is 12.4 Å². The van der Waals surface area contributed by atoms with Crippen LogP contribution >= 0.6 is 0 Å². The Labute approximate surface area is 171 Å². The Kier molecular flexibility index (Phi) is 8.42. The number of esters is 2. The van der Waals surface area contributed by atoms with Crippen molar-refractivity contribution in [1.82, 2.24) is 0 Å². The van der Waals surface area contributed by atoms with E-state index in [9.17, 15) is 19.8 Å². The molecule has 2 N–H and O–H groups in total. The molecule has 0 amide bonds. The molecule has 2 heterocycles. The second-order valence-corrected chi connectivity index (χ2v) is 8.03. The standard InChI is InChI=1S/C20H34O9/c1-7-14-16(24)11(4)18(25-12(5)22)20(27-14)29-17-9(2)10(3)19(26-13(6)23)28-15(17)8-21/h9-11,14-21,24H,7-8H2,1-6H3/t9-,10?,11+,14?,15?,16+,17+,18?,19?,20+/m1/s1. The first-order valence-corrected chi connectivity index (χ1v) is 10.2. The first-order valence-electron chi connectivity index (χ1n) is 10.2. The van der Waals surface area contributed by atoms with Crippen molar-refractivity contribution in [3.63, 3.8) is 0 Å². The van der Waals surface area contributed by atoms with Gasteiger partial charge in [0.25, 0.3) is 0 Å². The number of carbonyl (C=O) groups excluding carboxylic acids is 2. The summed E-state index contributed by atoms with van der Waals surface area (Å²) in [5, 5.41) is 20.3. The van der Waals surface area contributed by atoms with E-state index in [2.05, 4.69) is 0 Å². The molecule has 2 rings (SSSR count). The molecule has 0 aromatic heterocycles. The van der Waals surface area contributed by atoms with Crippen molar-refractivity contribution in [3.8, 4) is 0 Å². The van der Waals surface area contributed by atoms with Crippen molar-refractivity contribution in [2.45, 2.75) is 91.1 Å². The molecule has 0 radical (unpaired) electrons. The summed E-state index contributed by atoms with van der Waals surface area (Å²) in [6, 6.07) is 0. The van der Waals surface area contributed by atoms with Crippen molar-refractivity contribution in [1.29, 1.82) is 0 Å². The number of hydrogen-bond donors (Lipinski definition) is 2. The summed E-state index contributed by atoms with van der Waals surface area (Å²) in [6.07, 6.45) is -4.59. The van der Waals surface area contributed by atoms with Crippen molar-refractivity contribution in [3.05, 3.63) is 0 Å². The molecule has 168 valence electrons. The van der Waals surface area contributed by atoms with Crippen LogP contribution in [0.4, 0.5) is 0 Å². The van der Waals surface area contributed by atoms with E-state index < -0.39 is 61.0 Å². The highest BCUT2D eigenvalue weighted by molar-refractivity contribution is 5.66. The fraction of sp³-hybridized carbons (Fsp3) is 0.900. The van der Waals surface area contributed by atoms with Crippen molar-refractivity contribution >= 4 is 11.9 Å². The summed E-state index contributed by atoms with van der Waals surface area (Å²) in [4.78, 5) is 23.0. The Bertz CT molecular complexity index is 566. The van der Waals surface area contributed by atoms with Gasteiger partial charge in [0.1, 0.15) is 6.10 Å². The first-order chi connectivity index (χ1) is 13.6. The minimum atomic E-state index is -0.926. The van der Waals surface area contributed by atoms with E-state index in [0.717, 1.165) is 0 Å². The molecular formula is C20H34O9. The third-order valence-electron chi connectivity index (χ3n) is 5.92. The number of hydrogen-bond acceptors (Lipinski definition) is 9. The Morgan fingerprint density at radius 3 is 1.97 bits per heavy atom. The highest BCUT2D eigenvalue weighted by atomic mass is 16.7. The zero-order valence-corrected chi connectivity index (χ0v) is 17.9. The van der Waals surface area contributed by atoms with Crippen LogP contribution in [0.2, 0.25) is 0 Å². The van der Waals surface area contributed by atoms with E-state index in [0.29, 0.717) is 6.42 Å². The molecule has 0 aromatic carbocycles. The maximum atomic E-state index is 11.6. The third kappa shape index (κ3) is 5.46. The summed E-state index contributed by atoms with van der Waals surface area (Å²) in [7, 11) is 0. The normalized spacial score (nSPS) is 42.9. The highest BCUT2D eigenvalue weighted by Crippen LogP contribution is 2.37. The van der Waals surface area contributed by atoms with E-state index in [4.69, 9.17) is 23.7 Å². The molecule has 2 saturated heterocycles. The van der Waals surface area contributed by atoms with Gasteiger partial charge in [-0.2, -0.15) is 0 Å². The van der Waals surface area contributed by atoms with E-state index >= 15 is 0 Å². The molecule has 29 heavy (non-hydrogen) atoms. The Morgan fingerprint density at radius 2 is 1.45 bits per heavy atom. The fourth-order valence-electron chi connectivity index (χ4n) is 3.98. The van der Waals surface area contributed by atoms with Crippen LogP contribution in [0.1, 0.15) is 48.0 Å². The van der Waals surface area contributed by atoms with Crippen LogP contribution in [-0.4, -0.2) is 71.9 Å². The van der Waals surface area contributed by atoms with E-state index in [1.54, 1.807) is 6.92 Å². The molecule has 0 bridgehead atoms. The monoisotopic (exact) mass is 418 g/mol. The fourth-order valence-corrected chi connectivity index (χ4v) is 3.98. The highest BCUT2D eigenvalue weighted by Gasteiger charge is 2.49. The molecule has 9 heteroatoms. The quantitative estimate of drug-likeness (QED) is 0.608. The van der Waals surface area contributed by atoms with Crippen LogP contribution in [0.25, 0.3) is 0 Å². The number of carbonyl (C=O) groups is 2. The lowest BCUT2D eigenvalue weighted by molar-refractivity contribution is -0.336. The Morgan fingerprint density at radius 1 is 0.862 bits per heavy atom. The van der Waals surface area contributed by atoms with Gasteiger partial charge in [0.05, 0.1) is 24.9 Å². The molecule has 9 nitrogen and oxygen atoms in total. The molecule has 0 spiro atoms. The minimum absolute atomic E-state index is 0.158. The molecule has 2 aliphatic rings. The zero-order valence-electron chi connectivity index (χ0n) is 17.9. The topological polar surface area (TPSA) is 121 Å². The van der Waals surface area contributed by atoms with Gasteiger partial charge in [-0.3, -0.25) is 9.59 Å². The van der Waals surface area contributed by atoms with E-state index in [1.807, 2.05) is 20.8 Å². The van der Waals surface area contributed by atoms with Gasteiger partial charge in [-0.05, 0) is 12.3 Å². The minimum Gasteiger partial charge on any atom is -0.457 e. The predicted molar refractivity (Wildman–Crippen MR) is 100 cm³/mol. The average Bonchev–Trinajstić information content (AvgIpc) is 2.66. The average molecular weight is 418 g/mol. The Hall–Kier alpha value is -1.26. The van der Waals surface area contributed by atoms with E-state index in [1.165, 1.54) is 13.8 Å². The lowest BCUT2D eigenvalue weighted by Gasteiger charge is -2.48. The SMILES string of the molecule is CCC1O[C@@H](O[C@@H]2C(CO)OC(OC(C)=O)C(C)[C@H]2C)C(OC(C)=O)[C@@H](C)[C@@H]1O. The number of aliphatic hydroxyl groups excluding tert-OH is 2. The van der Waals surface area contributed by atoms with Gasteiger partial charge in [-0.25, -0.2) is 0 Å². The van der Waals surface area contributed by atoms with Gasteiger partial charge >= 0.3 is 11.9 Å². The summed E-state index contributed by atoms with van der Waals surface area (Å²) in [6.45, 7) is 9.69. The number of ether oxygens (including phenoxy) is 5. The maximum Gasteiger partial charge on any atom is 0.304 e. The first kappa shape index (κ1) is 24.0. The van der Waals surface area contributed by atoms with Crippen molar-refractivity contribution in [2.24, 2.45) is 17.8 Å². The second-order valence-electron chi connectivity index (χ2n) is 8.03. The van der Waals surface area contributed by atoms with Gasteiger partial charge in [0, 0.05) is 25.7 Å². The van der Waals surface area contributed by atoms with Crippen molar-refractivity contribution in [2.75, 3.05) is 6.61 Å². The number of aliphatic hydroxyl groups is 2. The summed E-state index contributed by atoms with van der Waals surface area (Å²) < 4.78 is 28.5. The summed E-state index contributed by atoms with van der Waals surface area (Å²) in [5.74, 6) is -1.73. The summed E-state index contributed by atoms with van der Waals surface area (Å²) in [5.41, 5.74) is 0. The van der Waals surface area contributed by atoms with Gasteiger partial charge in [0.2, 0.25) is 6.29 Å². The van der Waals surface area contributed by atoms with Crippen LogP contribution in [-0.2, 0) is 33.3 Å². The summed E-state index contributed by atoms with van der Waals surface area (Å²) >= 11 is 0. The molecule has 0 aliphatic carbocycles. The largest absolute Gasteiger partial charge is 0.457 e. The van der Waals surface area contributed by atoms with Crippen LogP contribution < -0.4 is 0 Å².